The Morgan fingerprint density at radius 1 is 1.03 bits per heavy atom. The highest BCUT2D eigenvalue weighted by atomic mass is 16.5. The zero-order chi connectivity index (χ0) is 21.7. The van der Waals surface area contributed by atoms with Crippen molar-refractivity contribution in [2.45, 2.75) is 65.2 Å². The minimum absolute atomic E-state index is 0.0451. The molecule has 1 amide bonds. The van der Waals surface area contributed by atoms with Crippen molar-refractivity contribution < 1.29 is 14.3 Å². The van der Waals surface area contributed by atoms with Crippen molar-refractivity contribution in [3.63, 3.8) is 0 Å². The average Bonchev–Trinajstić information content (AvgIpc) is 2.72. The van der Waals surface area contributed by atoms with E-state index >= 15 is 0 Å². The van der Waals surface area contributed by atoms with E-state index in [0.717, 1.165) is 24.2 Å². The molecule has 0 spiro atoms. The summed E-state index contributed by atoms with van der Waals surface area (Å²) in [5, 5.41) is 2.83. The zero-order valence-corrected chi connectivity index (χ0v) is 18.8. The first kappa shape index (κ1) is 22.8. The number of ether oxygens (including phenoxy) is 2. The predicted octanol–water partition coefficient (Wildman–Crippen LogP) is 5.89. The average molecular weight is 397 g/mol. The number of carbonyl (C=O) groups excluding carboxylic acids is 1. The monoisotopic (exact) mass is 396 g/mol. The topological polar surface area (TPSA) is 47.6 Å². The molecule has 2 rings (SSSR count). The minimum atomic E-state index is -0.207. The van der Waals surface area contributed by atoms with Gasteiger partial charge in [0.25, 0.3) is 5.91 Å². The third-order valence-electron chi connectivity index (χ3n) is 5.90. The zero-order valence-electron chi connectivity index (χ0n) is 18.8. The van der Waals surface area contributed by atoms with Crippen LogP contribution in [0.25, 0.3) is 0 Å². The fraction of sp³-hybridized carbons (Fsp3) is 0.480. The number of amides is 1. The molecular formula is C25H34NO3. The van der Waals surface area contributed by atoms with Crippen LogP contribution in [0.15, 0.2) is 36.4 Å². The standard InChI is InChI=1S/C25H34NO3/c1-8-24(3,4)18-10-15-22(21(16-18)25(5,6)9-2)29-17-23(27)26-19-11-13-20(28-7)14-12-19/h10-13,15-16H,8-9,17H2,1-7H3,(H,26,27). The molecule has 0 unspecified atom stereocenters. The number of methoxy groups -OCH3 is 1. The summed E-state index contributed by atoms with van der Waals surface area (Å²) in [6.07, 6.45) is 2.04. The number of rotatable bonds is 9. The normalized spacial score (nSPS) is 11.8. The van der Waals surface area contributed by atoms with Crippen LogP contribution in [-0.4, -0.2) is 19.6 Å². The molecule has 0 aliphatic rings. The molecule has 0 aliphatic heterocycles. The maximum absolute atomic E-state index is 12.4. The summed E-state index contributed by atoms with van der Waals surface area (Å²) < 4.78 is 11.0. The van der Waals surface area contributed by atoms with E-state index in [2.05, 4.69) is 65.1 Å². The number of anilines is 1. The first-order valence-corrected chi connectivity index (χ1v) is 10.3. The third-order valence-corrected chi connectivity index (χ3v) is 5.90. The van der Waals surface area contributed by atoms with Gasteiger partial charge >= 0.3 is 0 Å². The highest BCUT2D eigenvalue weighted by molar-refractivity contribution is 5.91. The maximum atomic E-state index is 12.4. The van der Waals surface area contributed by atoms with E-state index in [4.69, 9.17) is 9.47 Å². The lowest BCUT2D eigenvalue weighted by Crippen LogP contribution is -2.24. The molecule has 29 heavy (non-hydrogen) atoms. The van der Waals surface area contributed by atoms with Gasteiger partial charge in [0.1, 0.15) is 11.5 Å². The summed E-state index contributed by atoms with van der Waals surface area (Å²) in [5.74, 6) is 1.19. The molecule has 0 aromatic heterocycles. The molecule has 0 aliphatic carbocycles. The Morgan fingerprint density at radius 3 is 2.28 bits per heavy atom. The Morgan fingerprint density at radius 2 is 1.72 bits per heavy atom. The molecule has 2 aromatic carbocycles. The number of hydrogen-bond donors (Lipinski definition) is 1. The van der Waals surface area contributed by atoms with Crippen LogP contribution in [-0.2, 0) is 15.6 Å². The van der Waals surface area contributed by atoms with Gasteiger partial charge in [-0.25, -0.2) is 0 Å². The van der Waals surface area contributed by atoms with Crippen LogP contribution in [0.2, 0.25) is 0 Å². The van der Waals surface area contributed by atoms with E-state index in [-0.39, 0.29) is 23.3 Å². The van der Waals surface area contributed by atoms with Crippen molar-refractivity contribution in [1.82, 2.24) is 0 Å². The Bertz CT molecular complexity index is 822. The molecule has 1 radical (unpaired) electrons. The Kier molecular flexibility index (Phi) is 7.34. The highest BCUT2D eigenvalue weighted by Gasteiger charge is 2.26. The largest absolute Gasteiger partial charge is 0.496 e. The van der Waals surface area contributed by atoms with Gasteiger partial charge in [-0.15, -0.1) is 0 Å². The lowest BCUT2D eigenvalue weighted by atomic mass is 9.76. The van der Waals surface area contributed by atoms with Gasteiger partial charge in [-0.05, 0) is 53.5 Å². The molecule has 2 aromatic rings. The molecule has 0 saturated heterocycles. The first-order chi connectivity index (χ1) is 13.6. The quantitative estimate of drug-likeness (QED) is 0.575. The molecule has 0 heterocycles. The highest BCUT2D eigenvalue weighted by Crippen LogP contribution is 2.38. The van der Waals surface area contributed by atoms with Gasteiger partial charge in [0.05, 0.1) is 7.11 Å². The summed E-state index contributed by atoms with van der Waals surface area (Å²) in [6.45, 7) is 13.3. The Hall–Kier alpha value is -2.49. The number of carbonyl (C=O) groups is 1. The van der Waals surface area contributed by atoms with Gasteiger partial charge < -0.3 is 14.8 Å². The molecule has 0 saturated carbocycles. The van der Waals surface area contributed by atoms with Crippen LogP contribution in [0.3, 0.4) is 0 Å². The van der Waals surface area contributed by atoms with Crippen LogP contribution in [0.1, 0.15) is 65.5 Å². The molecular weight excluding hydrogens is 362 g/mol. The molecule has 1 N–H and O–H groups in total. The van der Waals surface area contributed by atoms with Crippen LogP contribution in [0.4, 0.5) is 5.69 Å². The van der Waals surface area contributed by atoms with Gasteiger partial charge in [-0.2, -0.15) is 0 Å². The van der Waals surface area contributed by atoms with Crippen molar-refractivity contribution >= 4 is 11.6 Å². The summed E-state index contributed by atoms with van der Waals surface area (Å²) in [5.41, 5.74) is 3.15. The minimum Gasteiger partial charge on any atom is -0.496 e. The number of hydrogen-bond acceptors (Lipinski definition) is 3. The number of benzene rings is 2. The smallest absolute Gasteiger partial charge is 0.262 e. The second-order valence-corrected chi connectivity index (χ2v) is 8.67. The lowest BCUT2D eigenvalue weighted by molar-refractivity contribution is -0.118. The summed E-state index contributed by atoms with van der Waals surface area (Å²) in [6, 6.07) is 14.5. The van der Waals surface area contributed by atoms with E-state index in [1.807, 2.05) is 6.07 Å². The van der Waals surface area contributed by atoms with Gasteiger partial charge in [0.2, 0.25) is 0 Å². The molecule has 4 heteroatoms. The molecule has 0 bridgehead atoms. The molecule has 157 valence electrons. The Balaban J connectivity index is 2.17. The first-order valence-electron chi connectivity index (χ1n) is 10.3. The second-order valence-electron chi connectivity index (χ2n) is 8.67. The summed E-state index contributed by atoms with van der Waals surface area (Å²) in [7, 11) is 1.58. The summed E-state index contributed by atoms with van der Waals surface area (Å²) >= 11 is 0. The number of nitrogens with one attached hydrogen (secondary N) is 1. The van der Waals surface area contributed by atoms with Crippen LogP contribution < -0.4 is 14.8 Å². The van der Waals surface area contributed by atoms with Crippen LogP contribution in [0, 0.1) is 6.07 Å². The van der Waals surface area contributed by atoms with Crippen molar-refractivity contribution in [3.05, 3.63) is 53.6 Å². The van der Waals surface area contributed by atoms with E-state index in [1.54, 1.807) is 25.3 Å². The van der Waals surface area contributed by atoms with Gasteiger partial charge in [-0.3, -0.25) is 4.79 Å². The molecule has 0 fully saturated rings. The van der Waals surface area contributed by atoms with Gasteiger partial charge in [0, 0.05) is 17.3 Å². The third kappa shape index (κ3) is 5.75. The van der Waals surface area contributed by atoms with Crippen molar-refractivity contribution in [1.29, 1.82) is 0 Å². The lowest BCUT2D eigenvalue weighted by Gasteiger charge is -2.30. The summed E-state index contributed by atoms with van der Waals surface area (Å²) in [4.78, 5) is 12.4. The Labute approximate surface area is 175 Å². The van der Waals surface area contributed by atoms with E-state index < -0.39 is 0 Å². The van der Waals surface area contributed by atoms with Crippen molar-refractivity contribution in [2.75, 3.05) is 19.0 Å². The van der Waals surface area contributed by atoms with Crippen LogP contribution in [0.5, 0.6) is 11.5 Å². The molecule has 4 nitrogen and oxygen atoms in total. The SMILES string of the molecule is CCC(C)(C)c1ccc(OCC(=O)Nc2c[c]c(OC)cc2)c(C(C)(C)CC)c1. The van der Waals surface area contributed by atoms with E-state index in [1.165, 1.54) is 5.56 Å². The predicted molar refractivity (Wildman–Crippen MR) is 119 cm³/mol. The van der Waals surface area contributed by atoms with Gasteiger partial charge in [-0.1, -0.05) is 53.7 Å². The maximum Gasteiger partial charge on any atom is 0.262 e. The van der Waals surface area contributed by atoms with Crippen LogP contribution >= 0.6 is 0 Å². The second kappa shape index (κ2) is 9.34. The fourth-order valence-corrected chi connectivity index (χ4v) is 2.96. The van der Waals surface area contributed by atoms with Gasteiger partial charge in [0.15, 0.2) is 6.61 Å². The van der Waals surface area contributed by atoms with Crippen molar-refractivity contribution in [3.8, 4) is 11.5 Å². The van der Waals surface area contributed by atoms with Crippen molar-refractivity contribution in [2.24, 2.45) is 0 Å². The van der Waals surface area contributed by atoms with E-state index in [9.17, 15) is 4.79 Å². The molecule has 0 atom stereocenters. The van der Waals surface area contributed by atoms with E-state index in [0.29, 0.717) is 11.4 Å². The fourth-order valence-electron chi connectivity index (χ4n) is 2.96.